The van der Waals surface area contributed by atoms with E-state index in [1.165, 1.54) is 0 Å². The third-order valence-corrected chi connectivity index (χ3v) is 2.67. The van der Waals surface area contributed by atoms with Gasteiger partial charge in [-0.3, -0.25) is 4.79 Å². The molecule has 2 N–H and O–H groups in total. The van der Waals surface area contributed by atoms with Crippen molar-refractivity contribution >= 4 is 16.9 Å². The molecule has 0 saturated carbocycles. The zero-order chi connectivity index (χ0) is 13.2. The Morgan fingerprint density at radius 2 is 2.17 bits per heavy atom. The lowest BCUT2D eigenvalue weighted by Gasteiger charge is -2.17. The fraction of sp³-hybridized carbons (Fsp3) is 0.429. The van der Waals surface area contributed by atoms with Gasteiger partial charge in [0.25, 0.3) is 0 Å². The molecule has 0 saturated heterocycles. The minimum absolute atomic E-state index is 0.0252. The van der Waals surface area contributed by atoms with Gasteiger partial charge in [-0.2, -0.15) is 0 Å². The predicted octanol–water partition coefficient (Wildman–Crippen LogP) is 2.62. The molecule has 0 aliphatic carbocycles. The van der Waals surface area contributed by atoms with Crippen LogP contribution in [-0.2, 0) is 11.3 Å². The van der Waals surface area contributed by atoms with E-state index in [1.54, 1.807) is 6.33 Å². The van der Waals surface area contributed by atoms with Crippen LogP contribution in [0.2, 0.25) is 0 Å². The average Bonchev–Trinajstić information content (AvgIpc) is 2.71. The number of aromatic amines is 1. The molecular formula is C14H19N3O. The molecule has 18 heavy (non-hydrogen) atoms. The van der Waals surface area contributed by atoms with Crippen molar-refractivity contribution < 1.29 is 4.79 Å². The second kappa shape index (κ2) is 4.80. The molecule has 0 atom stereocenters. The molecule has 0 radical (unpaired) electrons. The number of carbonyl (C=O) groups is 1. The summed E-state index contributed by atoms with van der Waals surface area (Å²) in [5.74, 6) is 0.0900. The maximum atomic E-state index is 11.7. The SMILES string of the molecule is CC(C)(C)CC(=O)NCc1ccc2nc[nH]c2c1. The number of hydrogen-bond acceptors (Lipinski definition) is 2. The summed E-state index contributed by atoms with van der Waals surface area (Å²) in [4.78, 5) is 18.9. The van der Waals surface area contributed by atoms with Gasteiger partial charge in [0.1, 0.15) is 0 Å². The van der Waals surface area contributed by atoms with Gasteiger partial charge in [-0.05, 0) is 23.1 Å². The molecule has 0 spiro atoms. The van der Waals surface area contributed by atoms with E-state index in [0.717, 1.165) is 16.6 Å². The molecule has 2 aromatic rings. The van der Waals surface area contributed by atoms with Crippen LogP contribution in [0, 0.1) is 5.41 Å². The van der Waals surface area contributed by atoms with E-state index < -0.39 is 0 Å². The lowest BCUT2D eigenvalue weighted by atomic mass is 9.92. The highest BCUT2D eigenvalue weighted by molar-refractivity contribution is 5.77. The van der Waals surface area contributed by atoms with Crippen molar-refractivity contribution in [2.75, 3.05) is 0 Å². The fourth-order valence-corrected chi connectivity index (χ4v) is 1.84. The molecule has 0 bridgehead atoms. The van der Waals surface area contributed by atoms with Crippen LogP contribution < -0.4 is 5.32 Å². The number of nitrogens with zero attached hydrogens (tertiary/aromatic N) is 1. The first-order valence-corrected chi connectivity index (χ1v) is 6.13. The van der Waals surface area contributed by atoms with E-state index in [0.29, 0.717) is 13.0 Å². The zero-order valence-electron chi connectivity index (χ0n) is 11.1. The Hall–Kier alpha value is -1.84. The lowest BCUT2D eigenvalue weighted by molar-refractivity contribution is -0.122. The minimum Gasteiger partial charge on any atom is -0.352 e. The number of hydrogen-bond donors (Lipinski definition) is 2. The Labute approximate surface area is 107 Å². The van der Waals surface area contributed by atoms with Crippen LogP contribution in [0.1, 0.15) is 32.8 Å². The van der Waals surface area contributed by atoms with Gasteiger partial charge in [-0.15, -0.1) is 0 Å². The monoisotopic (exact) mass is 245 g/mol. The van der Waals surface area contributed by atoms with Crippen molar-refractivity contribution in [3.63, 3.8) is 0 Å². The number of amides is 1. The average molecular weight is 245 g/mol. The van der Waals surface area contributed by atoms with Gasteiger partial charge in [0.15, 0.2) is 0 Å². The van der Waals surface area contributed by atoms with Crippen LogP contribution in [0.25, 0.3) is 11.0 Å². The number of benzene rings is 1. The summed E-state index contributed by atoms with van der Waals surface area (Å²) in [5.41, 5.74) is 3.04. The minimum atomic E-state index is 0.0252. The molecule has 4 nitrogen and oxygen atoms in total. The van der Waals surface area contributed by atoms with Crippen LogP contribution in [0.5, 0.6) is 0 Å². The third-order valence-electron chi connectivity index (χ3n) is 2.67. The van der Waals surface area contributed by atoms with Crippen molar-refractivity contribution in [1.82, 2.24) is 15.3 Å². The summed E-state index contributed by atoms with van der Waals surface area (Å²) in [6, 6.07) is 5.96. The molecule has 1 amide bonds. The number of H-pyrrole nitrogens is 1. The van der Waals surface area contributed by atoms with Gasteiger partial charge in [0.2, 0.25) is 5.91 Å². The first kappa shape index (κ1) is 12.6. The molecule has 1 aromatic carbocycles. The second-order valence-corrected chi connectivity index (χ2v) is 5.77. The molecule has 0 aliphatic heterocycles. The quantitative estimate of drug-likeness (QED) is 0.873. The van der Waals surface area contributed by atoms with E-state index in [1.807, 2.05) is 18.2 Å². The van der Waals surface area contributed by atoms with Crippen LogP contribution >= 0.6 is 0 Å². The number of carbonyl (C=O) groups excluding carboxylic acids is 1. The standard InChI is InChI=1S/C14H19N3O/c1-14(2,3)7-13(18)15-8-10-4-5-11-12(6-10)17-9-16-11/h4-6,9H,7-8H2,1-3H3,(H,15,18)(H,16,17). The van der Waals surface area contributed by atoms with Gasteiger partial charge < -0.3 is 10.3 Å². The summed E-state index contributed by atoms with van der Waals surface area (Å²) in [6.45, 7) is 6.74. The first-order valence-electron chi connectivity index (χ1n) is 6.13. The summed E-state index contributed by atoms with van der Waals surface area (Å²) < 4.78 is 0. The van der Waals surface area contributed by atoms with E-state index in [9.17, 15) is 4.79 Å². The van der Waals surface area contributed by atoms with Gasteiger partial charge in [-0.25, -0.2) is 4.98 Å². The largest absolute Gasteiger partial charge is 0.352 e. The summed E-state index contributed by atoms with van der Waals surface area (Å²) in [6.07, 6.45) is 2.21. The maximum Gasteiger partial charge on any atom is 0.220 e. The van der Waals surface area contributed by atoms with Crippen molar-refractivity contribution in [3.05, 3.63) is 30.1 Å². The van der Waals surface area contributed by atoms with Crippen LogP contribution in [0.15, 0.2) is 24.5 Å². The molecular weight excluding hydrogens is 226 g/mol. The third kappa shape index (κ3) is 3.32. The Morgan fingerprint density at radius 1 is 1.39 bits per heavy atom. The number of imidazole rings is 1. The number of aromatic nitrogens is 2. The van der Waals surface area contributed by atoms with E-state index in [-0.39, 0.29) is 11.3 Å². The highest BCUT2D eigenvalue weighted by Crippen LogP contribution is 2.18. The highest BCUT2D eigenvalue weighted by atomic mass is 16.1. The van der Waals surface area contributed by atoms with Gasteiger partial charge in [0.05, 0.1) is 17.4 Å². The molecule has 1 aromatic heterocycles. The van der Waals surface area contributed by atoms with Crippen molar-refractivity contribution in [3.8, 4) is 0 Å². The Bertz CT molecular complexity index is 551. The number of nitrogens with one attached hydrogen (secondary N) is 2. The summed E-state index contributed by atoms with van der Waals surface area (Å²) >= 11 is 0. The molecule has 0 fully saturated rings. The molecule has 4 heteroatoms. The Morgan fingerprint density at radius 3 is 2.89 bits per heavy atom. The van der Waals surface area contributed by atoms with Crippen LogP contribution in [0.3, 0.4) is 0 Å². The molecule has 2 rings (SSSR count). The van der Waals surface area contributed by atoms with Crippen LogP contribution in [-0.4, -0.2) is 15.9 Å². The molecule has 96 valence electrons. The zero-order valence-corrected chi connectivity index (χ0v) is 11.1. The number of fused-ring (bicyclic) bond motifs is 1. The Kier molecular flexibility index (Phi) is 3.36. The van der Waals surface area contributed by atoms with Gasteiger partial charge in [-0.1, -0.05) is 26.8 Å². The van der Waals surface area contributed by atoms with E-state index in [4.69, 9.17) is 0 Å². The fourth-order valence-electron chi connectivity index (χ4n) is 1.84. The topological polar surface area (TPSA) is 57.8 Å². The summed E-state index contributed by atoms with van der Waals surface area (Å²) in [7, 11) is 0. The van der Waals surface area contributed by atoms with Gasteiger partial charge in [0, 0.05) is 13.0 Å². The summed E-state index contributed by atoms with van der Waals surface area (Å²) in [5, 5.41) is 2.94. The van der Waals surface area contributed by atoms with E-state index in [2.05, 4.69) is 36.1 Å². The molecule has 0 aliphatic rings. The molecule has 0 unspecified atom stereocenters. The maximum absolute atomic E-state index is 11.7. The van der Waals surface area contributed by atoms with Crippen molar-refractivity contribution in [2.24, 2.45) is 5.41 Å². The second-order valence-electron chi connectivity index (χ2n) is 5.77. The number of rotatable bonds is 3. The van der Waals surface area contributed by atoms with E-state index >= 15 is 0 Å². The highest BCUT2D eigenvalue weighted by Gasteiger charge is 2.15. The smallest absolute Gasteiger partial charge is 0.220 e. The molecule has 1 heterocycles. The lowest BCUT2D eigenvalue weighted by Crippen LogP contribution is -2.27. The van der Waals surface area contributed by atoms with Crippen molar-refractivity contribution in [1.29, 1.82) is 0 Å². The van der Waals surface area contributed by atoms with Gasteiger partial charge >= 0.3 is 0 Å². The normalized spacial score (nSPS) is 11.7. The predicted molar refractivity (Wildman–Crippen MR) is 72.0 cm³/mol. The first-order chi connectivity index (χ1) is 8.44. The van der Waals surface area contributed by atoms with Crippen LogP contribution in [0.4, 0.5) is 0 Å². The Balaban J connectivity index is 1.95. The van der Waals surface area contributed by atoms with Crippen molar-refractivity contribution in [2.45, 2.75) is 33.7 Å².